The summed E-state index contributed by atoms with van der Waals surface area (Å²) in [7, 11) is 5.28. The van der Waals surface area contributed by atoms with Gasteiger partial charge < -0.3 is 24.8 Å². The summed E-state index contributed by atoms with van der Waals surface area (Å²) in [5, 5.41) is 13.8. The Hall–Kier alpha value is -2.91. The molecule has 0 amide bonds. The first-order chi connectivity index (χ1) is 20.3. The number of nitrogens with zero attached hydrogens (tertiary/aromatic N) is 3. The molecule has 2 aromatic rings. The highest BCUT2D eigenvalue weighted by molar-refractivity contribution is 5.77. The number of nitrogens with one attached hydrogen (secondary N) is 1. The van der Waals surface area contributed by atoms with Gasteiger partial charge in [0.1, 0.15) is 17.6 Å². The summed E-state index contributed by atoms with van der Waals surface area (Å²) in [6.45, 7) is 12.3. The van der Waals surface area contributed by atoms with Crippen LogP contribution < -0.4 is 14.8 Å². The number of ether oxygens (including phenoxy) is 2. The number of aromatic nitrogens is 1. The number of rotatable bonds is 13. The fraction of sp³-hybridized carbons (Fsp3) is 0.647. The summed E-state index contributed by atoms with van der Waals surface area (Å²) in [6, 6.07) is 4.40. The van der Waals surface area contributed by atoms with E-state index in [9.17, 15) is 9.90 Å². The van der Waals surface area contributed by atoms with Crippen molar-refractivity contribution in [1.29, 1.82) is 0 Å². The Labute approximate surface area is 257 Å². The second-order valence-corrected chi connectivity index (χ2v) is 13.8. The van der Waals surface area contributed by atoms with Gasteiger partial charge in [-0.2, -0.15) is 0 Å². The van der Waals surface area contributed by atoms with Crippen LogP contribution in [0.1, 0.15) is 88.2 Å². The highest BCUT2D eigenvalue weighted by atomic mass is 19.1. The van der Waals surface area contributed by atoms with E-state index in [1.165, 1.54) is 18.7 Å². The first-order valence-corrected chi connectivity index (χ1v) is 15.7. The van der Waals surface area contributed by atoms with Crippen LogP contribution in [0.25, 0.3) is 0 Å². The topological polar surface area (TPSA) is 87.2 Å². The molecule has 1 fully saturated rings. The Morgan fingerprint density at radius 3 is 2.65 bits per heavy atom. The number of carboxylic acid groups (broad SMARTS) is 1. The summed E-state index contributed by atoms with van der Waals surface area (Å²) in [4.78, 5) is 21.8. The van der Waals surface area contributed by atoms with Crippen molar-refractivity contribution in [2.24, 2.45) is 5.41 Å². The molecule has 1 aromatic heterocycles. The Morgan fingerprint density at radius 1 is 1.21 bits per heavy atom. The third kappa shape index (κ3) is 7.98. The smallest absolute Gasteiger partial charge is 0.325 e. The van der Waals surface area contributed by atoms with Gasteiger partial charge in [-0.25, -0.2) is 9.37 Å². The first-order valence-electron chi connectivity index (χ1n) is 15.7. The number of aliphatic carboxylic acids is 1. The molecule has 8 nitrogen and oxygen atoms in total. The molecule has 0 radical (unpaired) electrons. The molecule has 1 saturated heterocycles. The van der Waals surface area contributed by atoms with Gasteiger partial charge in [0, 0.05) is 42.5 Å². The molecule has 43 heavy (non-hydrogen) atoms. The number of anilines is 1. The number of benzene rings is 1. The molecule has 9 heteroatoms. The molecule has 0 bridgehead atoms. The molecule has 2 atom stereocenters. The van der Waals surface area contributed by atoms with Gasteiger partial charge in [-0.15, -0.1) is 0 Å². The Balaban J connectivity index is 1.31. The van der Waals surface area contributed by atoms with Crippen molar-refractivity contribution < 1.29 is 23.8 Å². The van der Waals surface area contributed by atoms with Gasteiger partial charge in [0.15, 0.2) is 11.6 Å². The average Bonchev–Trinajstić information content (AvgIpc) is 3.31. The number of unbranched alkanes of at least 4 members (excludes halogenated alkanes) is 2. The molecule has 0 saturated carbocycles. The predicted molar refractivity (Wildman–Crippen MR) is 169 cm³/mol. The van der Waals surface area contributed by atoms with Crippen molar-refractivity contribution in [2.45, 2.75) is 84.1 Å². The Bertz CT molecular complexity index is 1260. The summed E-state index contributed by atoms with van der Waals surface area (Å²) in [5.74, 6) is 0.446. The SMILES string of the molecule is COc1cc(CCCCCN(C)CC2(C)CCN(C(C(=O)O)c3cc(C(C)(C)C)cc(F)c3OC)C2)nc2c1CCCN2. The van der Waals surface area contributed by atoms with Gasteiger partial charge in [-0.3, -0.25) is 9.69 Å². The second kappa shape index (κ2) is 13.8. The number of carbonyl (C=O) groups is 1. The summed E-state index contributed by atoms with van der Waals surface area (Å²) < 4.78 is 26.1. The van der Waals surface area contributed by atoms with Crippen LogP contribution in [-0.4, -0.2) is 79.9 Å². The number of carboxylic acids is 1. The minimum Gasteiger partial charge on any atom is -0.496 e. The Kier molecular flexibility index (Phi) is 10.6. The fourth-order valence-electron chi connectivity index (χ4n) is 6.73. The predicted octanol–water partition coefficient (Wildman–Crippen LogP) is 6.08. The molecule has 4 rings (SSSR count). The number of hydrogen-bond acceptors (Lipinski definition) is 7. The summed E-state index contributed by atoms with van der Waals surface area (Å²) in [6.07, 6.45) is 7.19. The molecule has 238 valence electrons. The summed E-state index contributed by atoms with van der Waals surface area (Å²) in [5.41, 5.74) is 3.03. The standard InChI is InChI=1S/C34H51FN4O4/c1-33(2,3)23-18-26(30(43-7)27(35)19-23)29(32(40)41)39-17-14-34(4,22-39)21-38(5)16-10-8-9-12-24-20-28(42-6)25-13-11-15-36-31(25)37-24/h18-20,29H,8-17,21-22H2,1-7H3,(H,36,37)(H,40,41). The van der Waals surface area contributed by atoms with Crippen molar-refractivity contribution in [1.82, 2.24) is 14.8 Å². The van der Waals surface area contributed by atoms with Crippen LogP contribution in [0, 0.1) is 11.2 Å². The number of halogens is 1. The van der Waals surface area contributed by atoms with Crippen molar-refractivity contribution >= 4 is 11.8 Å². The largest absolute Gasteiger partial charge is 0.496 e. The lowest BCUT2D eigenvalue weighted by Crippen LogP contribution is -2.39. The zero-order valence-electron chi connectivity index (χ0n) is 27.2. The maximum absolute atomic E-state index is 15.1. The zero-order chi connectivity index (χ0) is 31.4. The maximum atomic E-state index is 15.1. The lowest BCUT2D eigenvalue weighted by atomic mass is 9.84. The molecular weight excluding hydrogens is 547 g/mol. The van der Waals surface area contributed by atoms with Crippen LogP contribution >= 0.6 is 0 Å². The minimum absolute atomic E-state index is 0.0198. The first kappa shape index (κ1) is 33.0. The molecule has 0 aliphatic carbocycles. The van der Waals surface area contributed by atoms with Gasteiger partial charge in [-0.1, -0.05) is 34.1 Å². The molecule has 0 spiro atoms. The molecule has 2 N–H and O–H groups in total. The monoisotopic (exact) mass is 598 g/mol. The molecule has 2 aliphatic heterocycles. The lowest BCUT2D eigenvalue weighted by molar-refractivity contribution is -0.143. The Morgan fingerprint density at radius 2 is 1.98 bits per heavy atom. The van der Waals surface area contributed by atoms with Crippen LogP contribution in [0.4, 0.5) is 10.2 Å². The van der Waals surface area contributed by atoms with Gasteiger partial charge in [0.2, 0.25) is 0 Å². The van der Waals surface area contributed by atoms with Crippen molar-refractivity contribution in [2.75, 3.05) is 59.3 Å². The molecule has 2 unspecified atom stereocenters. The van der Waals surface area contributed by atoms with E-state index < -0.39 is 17.8 Å². The molecular formula is C34H51FN4O4. The lowest BCUT2D eigenvalue weighted by Gasteiger charge is -2.32. The highest BCUT2D eigenvalue weighted by Gasteiger charge is 2.42. The van der Waals surface area contributed by atoms with E-state index in [4.69, 9.17) is 14.5 Å². The number of methoxy groups -OCH3 is 2. The van der Waals surface area contributed by atoms with Crippen LogP contribution in [0.3, 0.4) is 0 Å². The van der Waals surface area contributed by atoms with Crippen molar-refractivity contribution in [3.8, 4) is 11.5 Å². The number of likely N-dealkylation sites (tertiary alicyclic amines) is 1. The summed E-state index contributed by atoms with van der Waals surface area (Å²) >= 11 is 0. The van der Waals surface area contributed by atoms with Gasteiger partial charge in [0.05, 0.1) is 14.2 Å². The van der Waals surface area contributed by atoms with Crippen LogP contribution in [0.15, 0.2) is 18.2 Å². The van der Waals surface area contributed by atoms with E-state index in [0.29, 0.717) is 18.7 Å². The maximum Gasteiger partial charge on any atom is 0.325 e. The average molecular weight is 599 g/mol. The van der Waals surface area contributed by atoms with Crippen LogP contribution in [-0.2, 0) is 23.1 Å². The van der Waals surface area contributed by atoms with E-state index in [2.05, 4.69) is 30.3 Å². The minimum atomic E-state index is -0.983. The van der Waals surface area contributed by atoms with E-state index in [-0.39, 0.29) is 16.6 Å². The number of aryl methyl sites for hydroxylation is 1. The number of pyridine rings is 1. The zero-order valence-corrected chi connectivity index (χ0v) is 27.2. The van der Waals surface area contributed by atoms with Crippen molar-refractivity contribution in [3.05, 3.63) is 46.4 Å². The van der Waals surface area contributed by atoms with Crippen LogP contribution in [0.5, 0.6) is 11.5 Å². The van der Waals surface area contributed by atoms with Gasteiger partial charge >= 0.3 is 5.97 Å². The quantitative estimate of drug-likeness (QED) is 0.269. The molecule has 3 heterocycles. The third-order valence-electron chi connectivity index (χ3n) is 9.00. The van der Waals surface area contributed by atoms with Crippen molar-refractivity contribution in [3.63, 3.8) is 0 Å². The molecule has 2 aliphatic rings. The number of hydrogen-bond donors (Lipinski definition) is 2. The van der Waals surface area contributed by atoms with Gasteiger partial charge in [0.25, 0.3) is 0 Å². The van der Waals surface area contributed by atoms with E-state index in [1.807, 2.05) is 31.7 Å². The highest BCUT2D eigenvalue weighted by Crippen LogP contribution is 2.41. The van der Waals surface area contributed by atoms with Gasteiger partial charge in [-0.05, 0) is 87.2 Å². The number of fused-ring (bicyclic) bond motifs is 1. The third-order valence-corrected chi connectivity index (χ3v) is 9.00. The van der Waals surface area contributed by atoms with E-state index in [1.54, 1.807) is 7.11 Å². The van der Waals surface area contributed by atoms with Crippen LogP contribution in [0.2, 0.25) is 0 Å². The fourth-order valence-corrected chi connectivity index (χ4v) is 6.73. The molecule has 1 aromatic carbocycles. The van der Waals surface area contributed by atoms with E-state index >= 15 is 4.39 Å². The van der Waals surface area contributed by atoms with E-state index in [0.717, 1.165) is 87.4 Å². The second-order valence-electron chi connectivity index (χ2n) is 13.8. The normalized spacial score (nSPS) is 19.7.